The molecule has 1 aromatic rings. The highest BCUT2D eigenvalue weighted by atomic mass is 79.9. The maximum absolute atomic E-state index is 11.8. The average Bonchev–Trinajstić information content (AvgIpc) is 2.26. The Bertz CT molecular complexity index is 345. The van der Waals surface area contributed by atoms with Crippen LogP contribution in [0.4, 0.5) is 0 Å². The van der Waals surface area contributed by atoms with Gasteiger partial charge in [-0.25, -0.2) is 0 Å². The number of rotatable bonds is 5. The molecule has 0 aliphatic heterocycles. The van der Waals surface area contributed by atoms with Crippen molar-refractivity contribution >= 4 is 21.7 Å². The monoisotopic (exact) mass is 267 g/mol. The van der Waals surface area contributed by atoms with E-state index in [4.69, 9.17) is 0 Å². The third-order valence-electron chi connectivity index (χ3n) is 2.09. The summed E-state index contributed by atoms with van der Waals surface area (Å²) >= 11 is 3.33. The zero-order valence-electron chi connectivity index (χ0n) is 8.66. The van der Waals surface area contributed by atoms with Crippen LogP contribution in [0.3, 0.4) is 0 Å². The van der Waals surface area contributed by atoms with Crippen molar-refractivity contribution in [2.75, 3.05) is 6.54 Å². The first-order chi connectivity index (χ1) is 7.15. The van der Waals surface area contributed by atoms with E-state index in [2.05, 4.69) is 27.8 Å². The number of hydrogen-bond donors (Lipinski definition) is 1. The Hall–Kier alpha value is -0.930. The number of carbonyl (C=O) groups excluding carboxylic acids is 1. The van der Waals surface area contributed by atoms with Crippen molar-refractivity contribution in [3.63, 3.8) is 0 Å². The summed E-state index contributed by atoms with van der Waals surface area (Å²) in [6.07, 6.45) is 1.74. The maximum atomic E-state index is 11.8. The summed E-state index contributed by atoms with van der Waals surface area (Å²) in [6, 6.07) is 7.20. The molecule has 0 fully saturated rings. The van der Waals surface area contributed by atoms with Crippen molar-refractivity contribution in [3.05, 3.63) is 47.0 Å². The Morgan fingerprint density at radius 1 is 1.53 bits per heavy atom. The summed E-state index contributed by atoms with van der Waals surface area (Å²) in [5.41, 5.74) is 0.724. The molecular weight excluding hydrogens is 254 g/mol. The van der Waals surface area contributed by atoms with Gasteiger partial charge >= 0.3 is 0 Å². The fraction of sp³-hybridized carbons (Fsp3) is 0.250. The van der Waals surface area contributed by atoms with Gasteiger partial charge in [0.05, 0.1) is 6.04 Å². The Balaban J connectivity index is 2.67. The third-order valence-corrected chi connectivity index (χ3v) is 2.62. The van der Waals surface area contributed by atoms with E-state index < -0.39 is 0 Å². The lowest BCUT2D eigenvalue weighted by Crippen LogP contribution is -2.33. The zero-order valence-corrected chi connectivity index (χ0v) is 10.3. The van der Waals surface area contributed by atoms with Crippen molar-refractivity contribution in [2.45, 2.75) is 13.0 Å². The molecule has 0 aliphatic rings. The number of ketones is 1. The molecule has 0 saturated heterocycles. The minimum absolute atomic E-state index is 0.101. The average molecular weight is 268 g/mol. The summed E-state index contributed by atoms with van der Waals surface area (Å²) in [5.74, 6) is 0.101. The molecule has 1 N–H and O–H groups in total. The SMILES string of the molecule is C=CCNC(C)C(=O)c1ccc(Br)cc1. The molecule has 2 nitrogen and oxygen atoms in total. The standard InChI is InChI=1S/C12H14BrNO/c1-3-8-14-9(2)12(15)10-4-6-11(13)7-5-10/h3-7,9,14H,1,8H2,2H3. The fourth-order valence-electron chi connectivity index (χ4n) is 1.22. The Labute approximate surface area is 98.5 Å². The van der Waals surface area contributed by atoms with Crippen LogP contribution in [0.2, 0.25) is 0 Å². The van der Waals surface area contributed by atoms with E-state index in [0.717, 1.165) is 10.0 Å². The molecule has 15 heavy (non-hydrogen) atoms. The second-order valence-corrected chi connectivity index (χ2v) is 4.21. The molecule has 0 radical (unpaired) electrons. The van der Waals surface area contributed by atoms with Crippen LogP contribution in [-0.2, 0) is 0 Å². The van der Waals surface area contributed by atoms with Gasteiger partial charge in [0, 0.05) is 16.6 Å². The first-order valence-electron chi connectivity index (χ1n) is 4.79. The summed E-state index contributed by atoms with van der Waals surface area (Å²) in [4.78, 5) is 11.8. The van der Waals surface area contributed by atoms with Gasteiger partial charge in [0.1, 0.15) is 0 Å². The highest BCUT2D eigenvalue weighted by Crippen LogP contribution is 2.11. The van der Waals surface area contributed by atoms with Gasteiger partial charge in [-0.05, 0) is 19.1 Å². The minimum atomic E-state index is -0.177. The van der Waals surface area contributed by atoms with E-state index in [-0.39, 0.29) is 11.8 Å². The smallest absolute Gasteiger partial charge is 0.179 e. The van der Waals surface area contributed by atoms with Gasteiger partial charge in [0.2, 0.25) is 0 Å². The highest BCUT2D eigenvalue weighted by molar-refractivity contribution is 9.10. The van der Waals surface area contributed by atoms with Gasteiger partial charge in [-0.3, -0.25) is 4.79 Å². The Morgan fingerprint density at radius 3 is 2.67 bits per heavy atom. The topological polar surface area (TPSA) is 29.1 Å². The molecular formula is C12H14BrNO. The minimum Gasteiger partial charge on any atom is -0.304 e. The number of benzene rings is 1. The molecule has 0 amide bonds. The van der Waals surface area contributed by atoms with Gasteiger partial charge in [-0.2, -0.15) is 0 Å². The molecule has 1 rings (SSSR count). The van der Waals surface area contributed by atoms with Crippen molar-refractivity contribution in [3.8, 4) is 0 Å². The van der Waals surface area contributed by atoms with Crippen LogP contribution < -0.4 is 5.32 Å². The Morgan fingerprint density at radius 2 is 2.13 bits per heavy atom. The molecule has 1 unspecified atom stereocenters. The van der Waals surface area contributed by atoms with E-state index in [9.17, 15) is 4.79 Å². The van der Waals surface area contributed by atoms with Crippen LogP contribution in [0.15, 0.2) is 41.4 Å². The predicted molar refractivity (Wildman–Crippen MR) is 66.1 cm³/mol. The largest absolute Gasteiger partial charge is 0.304 e. The Kier molecular flexibility index (Phi) is 4.72. The summed E-state index contributed by atoms with van der Waals surface area (Å²) in [5, 5.41) is 3.07. The predicted octanol–water partition coefficient (Wildman–Crippen LogP) is 2.80. The number of hydrogen-bond acceptors (Lipinski definition) is 2. The van der Waals surface area contributed by atoms with Crippen molar-refractivity contribution in [2.24, 2.45) is 0 Å². The molecule has 0 aliphatic carbocycles. The van der Waals surface area contributed by atoms with Gasteiger partial charge < -0.3 is 5.32 Å². The van der Waals surface area contributed by atoms with Crippen molar-refractivity contribution < 1.29 is 4.79 Å². The number of Topliss-reactive ketones (excluding diaryl/α,β-unsaturated/α-hetero) is 1. The van der Waals surface area contributed by atoms with Gasteiger partial charge in [0.25, 0.3) is 0 Å². The molecule has 80 valence electrons. The van der Waals surface area contributed by atoms with Gasteiger partial charge in [-0.15, -0.1) is 6.58 Å². The van der Waals surface area contributed by atoms with Crippen LogP contribution in [0.5, 0.6) is 0 Å². The lowest BCUT2D eigenvalue weighted by atomic mass is 10.1. The third kappa shape index (κ3) is 3.61. The molecule has 0 bridgehead atoms. The van der Waals surface area contributed by atoms with Crippen LogP contribution in [0, 0.1) is 0 Å². The van der Waals surface area contributed by atoms with Crippen LogP contribution in [0.1, 0.15) is 17.3 Å². The molecule has 0 aromatic heterocycles. The number of halogens is 1. The lowest BCUT2D eigenvalue weighted by molar-refractivity contribution is 0.0953. The lowest BCUT2D eigenvalue weighted by Gasteiger charge is -2.10. The molecule has 0 spiro atoms. The fourth-order valence-corrected chi connectivity index (χ4v) is 1.48. The quantitative estimate of drug-likeness (QED) is 0.657. The normalized spacial score (nSPS) is 12.1. The molecule has 0 heterocycles. The van der Waals surface area contributed by atoms with E-state index >= 15 is 0 Å². The first kappa shape index (κ1) is 12.1. The summed E-state index contributed by atoms with van der Waals surface area (Å²) in [6.45, 7) is 6.09. The summed E-state index contributed by atoms with van der Waals surface area (Å²) < 4.78 is 0.978. The summed E-state index contributed by atoms with van der Waals surface area (Å²) in [7, 11) is 0. The second-order valence-electron chi connectivity index (χ2n) is 3.29. The number of carbonyl (C=O) groups is 1. The zero-order chi connectivity index (χ0) is 11.3. The van der Waals surface area contributed by atoms with E-state index in [1.807, 2.05) is 31.2 Å². The molecule has 1 aromatic carbocycles. The van der Waals surface area contributed by atoms with E-state index in [1.54, 1.807) is 6.08 Å². The molecule has 3 heteroatoms. The second kappa shape index (κ2) is 5.83. The molecule has 1 atom stereocenters. The molecule has 0 saturated carbocycles. The maximum Gasteiger partial charge on any atom is 0.179 e. The van der Waals surface area contributed by atoms with Crippen molar-refractivity contribution in [1.82, 2.24) is 5.32 Å². The first-order valence-corrected chi connectivity index (χ1v) is 5.58. The highest BCUT2D eigenvalue weighted by Gasteiger charge is 2.13. The van der Waals surface area contributed by atoms with Gasteiger partial charge in [0.15, 0.2) is 5.78 Å². The van der Waals surface area contributed by atoms with Crippen LogP contribution in [-0.4, -0.2) is 18.4 Å². The van der Waals surface area contributed by atoms with Crippen molar-refractivity contribution in [1.29, 1.82) is 0 Å². The van der Waals surface area contributed by atoms with E-state index in [0.29, 0.717) is 6.54 Å². The van der Waals surface area contributed by atoms with Crippen LogP contribution in [0.25, 0.3) is 0 Å². The number of nitrogens with one attached hydrogen (secondary N) is 1. The van der Waals surface area contributed by atoms with Crippen LogP contribution >= 0.6 is 15.9 Å². The van der Waals surface area contributed by atoms with Gasteiger partial charge in [-0.1, -0.05) is 34.1 Å². The van der Waals surface area contributed by atoms with E-state index in [1.165, 1.54) is 0 Å².